The first-order valence-corrected chi connectivity index (χ1v) is 4.85. The fourth-order valence-electron chi connectivity index (χ4n) is 1.03. The first-order valence-electron chi connectivity index (χ1n) is 4.48. The van der Waals surface area contributed by atoms with Crippen LogP contribution in [0.3, 0.4) is 0 Å². The Kier molecular flexibility index (Phi) is 3.91. The molecule has 0 spiro atoms. The smallest absolute Gasteiger partial charge is 0.340 e. The van der Waals surface area contributed by atoms with Crippen LogP contribution in [0.1, 0.15) is 23.7 Å². The highest BCUT2D eigenvalue weighted by Crippen LogP contribution is 2.22. The molecule has 0 aliphatic heterocycles. The molecule has 0 fully saturated rings. The lowest BCUT2D eigenvalue weighted by Crippen LogP contribution is -2.10. The van der Waals surface area contributed by atoms with Crippen molar-refractivity contribution in [1.82, 2.24) is 0 Å². The Morgan fingerprint density at radius 3 is 2.87 bits per heavy atom. The molecule has 1 aromatic rings. The zero-order valence-electron chi connectivity index (χ0n) is 8.22. The normalized spacial score (nSPS) is 10.1. The van der Waals surface area contributed by atoms with Gasteiger partial charge in [0.25, 0.3) is 0 Å². The molecule has 0 aromatic heterocycles. The predicted octanol–water partition coefficient (Wildman–Crippen LogP) is 2.63. The van der Waals surface area contributed by atoms with Crippen LogP contribution in [0.15, 0.2) is 12.1 Å². The number of halogens is 2. The van der Waals surface area contributed by atoms with Crippen LogP contribution in [-0.2, 0) is 4.74 Å². The van der Waals surface area contributed by atoms with Crippen molar-refractivity contribution in [3.8, 4) is 0 Å². The molecule has 0 aliphatic carbocycles. The van der Waals surface area contributed by atoms with Gasteiger partial charge in [0.1, 0.15) is 5.82 Å². The SMILES string of the molecule is CCCOC(=O)c1cc(Cl)cc(F)c1N. The lowest BCUT2D eigenvalue weighted by atomic mass is 10.2. The first-order chi connectivity index (χ1) is 7.06. The molecule has 15 heavy (non-hydrogen) atoms. The van der Waals surface area contributed by atoms with Gasteiger partial charge in [-0.2, -0.15) is 0 Å². The largest absolute Gasteiger partial charge is 0.462 e. The van der Waals surface area contributed by atoms with Crippen molar-refractivity contribution in [2.24, 2.45) is 0 Å². The predicted molar refractivity (Wildman–Crippen MR) is 56.4 cm³/mol. The minimum absolute atomic E-state index is 0.0338. The van der Waals surface area contributed by atoms with E-state index in [-0.39, 0.29) is 22.9 Å². The molecule has 2 N–H and O–H groups in total. The third-order valence-corrected chi connectivity index (χ3v) is 1.97. The maximum atomic E-state index is 13.1. The van der Waals surface area contributed by atoms with Gasteiger partial charge in [0.2, 0.25) is 0 Å². The number of carbonyl (C=O) groups is 1. The molecule has 0 saturated carbocycles. The topological polar surface area (TPSA) is 52.3 Å². The van der Waals surface area contributed by atoms with Crippen molar-refractivity contribution in [3.63, 3.8) is 0 Å². The summed E-state index contributed by atoms with van der Waals surface area (Å²) in [5.41, 5.74) is 5.12. The average Bonchev–Trinajstić information content (AvgIpc) is 2.19. The molecular weight excluding hydrogens is 221 g/mol. The van der Waals surface area contributed by atoms with Gasteiger partial charge in [-0.25, -0.2) is 9.18 Å². The minimum Gasteiger partial charge on any atom is -0.462 e. The van der Waals surface area contributed by atoms with Gasteiger partial charge in [-0.15, -0.1) is 0 Å². The summed E-state index contributed by atoms with van der Waals surface area (Å²) in [6.45, 7) is 2.13. The van der Waals surface area contributed by atoms with Crippen LogP contribution in [0.5, 0.6) is 0 Å². The molecule has 1 rings (SSSR count). The highest BCUT2D eigenvalue weighted by atomic mass is 35.5. The molecular formula is C10H11ClFNO2. The summed E-state index contributed by atoms with van der Waals surface area (Å²) in [6.07, 6.45) is 0.689. The standard InChI is InChI=1S/C10H11ClFNO2/c1-2-3-15-10(14)7-4-6(11)5-8(12)9(7)13/h4-5H,2-3,13H2,1H3. The highest BCUT2D eigenvalue weighted by molar-refractivity contribution is 6.31. The molecule has 0 unspecified atom stereocenters. The number of nitrogen functional groups attached to an aromatic ring is 1. The Morgan fingerprint density at radius 2 is 2.27 bits per heavy atom. The van der Waals surface area contributed by atoms with Crippen LogP contribution in [-0.4, -0.2) is 12.6 Å². The quantitative estimate of drug-likeness (QED) is 0.643. The van der Waals surface area contributed by atoms with Gasteiger partial charge in [-0.3, -0.25) is 0 Å². The minimum atomic E-state index is -0.717. The van der Waals surface area contributed by atoms with E-state index in [1.54, 1.807) is 0 Å². The summed E-state index contributed by atoms with van der Waals surface area (Å²) < 4.78 is 17.9. The Labute approximate surface area is 92.0 Å². The third-order valence-electron chi connectivity index (χ3n) is 1.75. The second-order valence-corrected chi connectivity index (χ2v) is 3.42. The Hall–Kier alpha value is -1.29. The van der Waals surface area contributed by atoms with E-state index < -0.39 is 11.8 Å². The summed E-state index contributed by atoms with van der Waals surface area (Å²) in [7, 11) is 0. The van der Waals surface area contributed by atoms with Gasteiger partial charge in [0.05, 0.1) is 17.9 Å². The molecule has 1 aromatic carbocycles. The third kappa shape index (κ3) is 2.83. The van der Waals surface area contributed by atoms with Crippen molar-refractivity contribution in [1.29, 1.82) is 0 Å². The number of anilines is 1. The Morgan fingerprint density at radius 1 is 1.60 bits per heavy atom. The van der Waals surface area contributed by atoms with Gasteiger partial charge in [-0.05, 0) is 18.6 Å². The van der Waals surface area contributed by atoms with Gasteiger partial charge < -0.3 is 10.5 Å². The van der Waals surface area contributed by atoms with E-state index in [4.69, 9.17) is 22.1 Å². The molecule has 3 nitrogen and oxygen atoms in total. The summed E-state index contributed by atoms with van der Waals surface area (Å²) >= 11 is 5.60. The van der Waals surface area contributed by atoms with Crippen LogP contribution in [0.25, 0.3) is 0 Å². The zero-order chi connectivity index (χ0) is 11.4. The van der Waals surface area contributed by atoms with Crippen LogP contribution in [0, 0.1) is 5.82 Å². The number of nitrogens with two attached hydrogens (primary N) is 1. The van der Waals surface area contributed by atoms with E-state index in [0.29, 0.717) is 6.42 Å². The van der Waals surface area contributed by atoms with Gasteiger partial charge in [0.15, 0.2) is 0 Å². The number of rotatable bonds is 3. The number of benzene rings is 1. The van der Waals surface area contributed by atoms with E-state index in [9.17, 15) is 9.18 Å². The van der Waals surface area contributed by atoms with Crippen LogP contribution >= 0.6 is 11.6 Å². The van der Waals surface area contributed by atoms with E-state index in [1.165, 1.54) is 6.07 Å². The highest BCUT2D eigenvalue weighted by Gasteiger charge is 2.15. The fraction of sp³-hybridized carbons (Fsp3) is 0.300. The number of hydrogen-bond acceptors (Lipinski definition) is 3. The van der Waals surface area contributed by atoms with Gasteiger partial charge in [0, 0.05) is 5.02 Å². The summed E-state index contributed by atoms with van der Waals surface area (Å²) in [5.74, 6) is -1.37. The molecule has 0 heterocycles. The second kappa shape index (κ2) is 4.98. The summed E-state index contributed by atoms with van der Waals surface area (Å²) in [5, 5.41) is 0.116. The average molecular weight is 232 g/mol. The summed E-state index contributed by atoms with van der Waals surface area (Å²) in [4.78, 5) is 11.4. The van der Waals surface area contributed by atoms with Crippen LogP contribution < -0.4 is 5.73 Å². The van der Waals surface area contributed by atoms with Crippen molar-refractivity contribution in [2.45, 2.75) is 13.3 Å². The van der Waals surface area contributed by atoms with E-state index in [1.807, 2.05) is 6.92 Å². The zero-order valence-corrected chi connectivity index (χ0v) is 8.97. The number of carbonyl (C=O) groups excluding carboxylic acids is 1. The monoisotopic (exact) mass is 231 g/mol. The first kappa shape index (κ1) is 11.8. The molecule has 0 amide bonds. The molecule has 0 saturated heterocycles. The Balaban J connectivity index is 2.98. The van der Waals surface area contributed by atoms with Crippen molar-refractivity contribution >= 4 is 23.3 Å². The van der Waals surface area contributed by atoms with Crippen molar-refractivity contribution in [2.75, 3.05) is 12.3 Å². The van der Waals surface area contributed by atoms with Gasteiger partial charge >= 0.3 is 5.97 Å². The lowest BCUT2D eigenvalue weighted by molar-refractivity contribution is 0.0506. The van der Waals surface area contributed by atoms with E-state index in [0.717, 1.165) is 6.07 Å². The molecule has 0 radical (unpaired) electrons. The maximum Gasteiger partial charge on any atom is 0.340 e. The molecule has 5 heteroatoms. The van der Waals surface area contributed by atoms with Crippen molar-refractivity contribution in [3.05, 3.63) is 28.5 Å². The second-order valence-electron chi connectivity index (χ2n) is 2.98. The van der Waals surface area contributed by atoms with Crippen LogP contribution in [0.2, 0.25) is 5.02 Å². The van der Waals surface area contributed by atoms with E-state index in [2.05, 4.69) is 0 Å². The molecule has 0 aliphatic rings. The summed E-state index contributed by atoms with van der Waals surface area (Å²) in [6, 6.07) is 2.34. The molecule has 82 valence electrons. The van der Waals surface area contributed by atoms with Crippen molar-refractivity contribution < 1.29 is 13.9 Å². The van der Waals surface area contributed by atoms with E-state index >= 15 is 0 Å². The lowest BCUT2D eigenvalue weighted by Gasteiger charge is -2.07. The molecule has 0 bridgehead atoms. The van der Waals surface area contributed by atoms with Gasteiger partial charge in [-0.1, -0.05) is 18.5 Å². The fourth-order valence-corrected chi connectivity index (χ4v) is 1.23. The maximum absolute atomic E-state index is 13.1. The number of hydrogen-bond donors (Lipinski definition) is 1. The molecule has 0 atom stereocenters. The van der Waals surface area contributed by atoms with Crippen LogP contribution in [0.4, 0.5) is 10.1 Å². The Bertz CT molecular complexity index is 382. The number of ether oxygens (including phenoxy) is 1. The number of esters is 1.